The largest absolute Gasteiger partial charge is 0.387 e. The molecule has 6 heteroatoms. The molecule has 102 valence electrons. The quantitative estimate of drug-likeness (QED) is 0.918. The summed E-state index contributed by atoms with van der Waals surface area (Å²) >= 11 is 1.10. The first-order valence-electron chi connectivity index (χ1n) is 6.05. The van der Waals surface area contributed by atoms with Gasteiger partial charge in [-0.3, -0.25) is 0 Å². The van der Waals surface area contributed by atoms with E-state index in [1.54, 1.807) is 0 Å². The summed E-state index contributed by atoms with van der Waals surface area (Å²) in [4.78, 5) is 0.630. The maximum absolute atomic E-state index is 13.5. The highest BCUT2D eigenvalue weighted by atomic mass is 32.1. The zero-order valence-electron chi connectivity index (χ0n) is 10.4. The van der Waals surface area contributed by atoms with Crippen molar-refractivity contribution >= 4 is 11.5 Å². The molecule has 1 N–H and O–H groups in total. The highest BCUT2D eigenvalue weighted by molar-refractivity contribution is 7.05. The Balaban J connectivity index is 2.18. The number of aliphatic hydroxyl groups is 1. The zero-order valence-corrected chi connectivity index (χ0v) is 11.3. The molecule has 0 aliphatic carbocycles. The molecule has 0 amide bonds. The lowest BCUT2D eigenvalue weighted by atomic mass is 10.0. The Morgan fingerprint density at radius 1 is 1.37 bits per heavy atom. The predicted octanol–water partition coefficient (Wildman–Crippen LogP) is 3.04. The Hall–Kier alpha value is -1.40. The number of hydrogen-bond acceptors (Lipinski definition) is 4. The van der Waals surface area contributed by atoms with Crippen LogP contribution in [0.2, 0.25) is 0 Å². The lowest BCUT2D eigenvalue weighted by Gasteiger charge is -2.10. The van der Waals surface area contributed by atoms with E-state index in [9.17, 15) is 13.9 Å². The Kier molecular flexibility index (Phi) is 4.55. The average molecular weight is 284 g/mol. The summed E-state index contributed by atoms with van der Waals surface area (Å²) in [6.07, 6.45) is 0.718. The van der Waals surface area contributed by atoms with Crippen molar-refractivity contribution in [1.29, 1.82) is 0 Å². The molecule has 0 radical (unpaired) electrons. The summed E-state index contributed by atoms with van der Waals surface area (Å²) in [5, 5.41) is 14.1. The molecule has 0 spiro atoms. The highest BCUT2D eigenvalue weighted by Gasteiger charge is 2.18. The van der Waals surface area contributed by atoms with Gasteiger partial charge in [-0.2, -0.15) is 0 Å². The number of nitrogens with zero attached hydrogens (tertiary/aromatic N) is 2. The third-order valence-corrected chi connectivity index (χ3v) is 3.66. The first-order valence-corrected chi connectivity index (χ1v) is 6.82. The van der Waals surface area contributed by atoms with Crippen molar-refractivity contribution in [3.63, 3.8) is 0 Å². The van der Waals surface area contributed by atoms with Crippen LogP contribution in [0.3, 0.4) is 0 Å². The van der Waals surface area contributed by atoms with Crippen molar-refractivity contribution in [3.8, 4) is 0 Å². The molecule has 3 nitrogen and oxygen atoms in total. The summed E-state index contributed by atoms with van der Waals surface area (Å²) in [5.41, 5.74) is 0.889. The fourth-order valence-corrected chi connectivity index (χ4v) is 2.56. The number of aryl methyl sites for hydroxylation is 1. The molecule has 0 saturated heterocycles. The van der Waals surface area contributed by atoms with Gasteiger partial charge in [0.1, 0.15) is 11.6 Å². The van der Waals surface area contributed by atoms with Gasteiger partial charge < -0.3 is 5.11 Å². The van der Waals surface area contributed by atoms with E-state index in [2.05, 4.69) is 9.59 Å². The maximum atomic E-state index is 13.5. The second-order valence-electron chi connectivity index (χ2n) is 4.29. The van der Waals surface area contributed by atoms with Crippen LogP contribution >= 0.6 is 11.5 Å². The minimum absolute atomic E-state index is 0.0180. The summed E-state index contributed by atoms with van der Waals surface area (Å²) in [6.45, 7) is 2.00. The second-order valence-corrected chi connectivity index (χ2v) is 5.08. The van der Waals surface area contributed by atoms with Crippen LogP contribution in [0, 0.1) is 11.6 Å². The third kappa shape index (κ3) is 3.33. The van der Waals surface area contributed by atoms with Crippen molar-refractivity contribution in [2.45, 2.75) is 32.3 Å². The first kappa shape index (κ1) is 14.0. The second kappa shape index (κ2) is 6.16. The number of hydrogen-bond donors (Lipinski definition) is 1. The maximum Gasteiger partial charge on any atom is 0.126 e. The molecule has 2 rings (SSSR count). The van der Waals surface area contributed by atoms with E-state index in [0.717, 1.165) is 41.8 Å². The molecule has 1 aromatic heterocycles. The van der Waals surface area contributed by atoms with E-state index in [0.29, 0.717) is 11.3 Å². The van der Waals surface area contributed by atoms with Crippen LogP contribution in [0.4, 0.5) is 8.78 Å². The molecule has 0 aliphatic rings. The lowest BCUT2D eigenvalue weighted by molar-refractivity contribution is 0.179. The summed E-state index contributed by atoms with van der Waals surface area (Å²) in [5.74, 6) is -1.03. The van der Waals surface area contributed by atoms with Crippen LogP contribution in [-0.4, -0.2) is 14.7 Å². The van der Waals surface area contributed by atoms with Gasteiger partial charge in [0.25, 0.3) is 0 Å². The Labute approximate surface area is 114 Å². The minimum Gasteiger partial charge on any atom is -0.387 e. The molecular formula is C13H14F2N2OS. The third-order valence-electron chi connectivity index (χ3n) is 2.80. The Bertz CT molecular complexity index is 559. The Morgan fingerprint density at radius 2 is 2.16 bits per heavy atom. The van der Waals surface area contributed by atoms with Gasteiger partial charge in [-0.25, -0.2) is 8.78 Å². The van der Waals surface area contributed by atoms with Gasteiger partial charge in [-0.15, -0.1) is 5.10 Å². The van der Waals surface area contributed by atoms with Crippen LogP contribution in [0.15, 0.2) is 18.2 Å². The number of aliphatic hydroxyl groups excluding tert-OH is 1. The van der Waals surface area contributed by atoms with Crippen LogP contribution in [0.1, 0.15) is 35.6 Å². The standard InChI is InChI=1S/C13H14F2N2OS/c1-2-3-11-13(19-17-16-11)12(18)7-8-6-9(14)4-5-10(8)15/h4-6,12,18H,2-3,7H2,1H3. The lowest BCUT2D eigenvalue weighted by Crippen LogP contribution is -2.05. The van der Waals surface area contributed by atoms with Crippen molar-refractivity contribution in [1.82, 2.24) is 9.59 Å². The van der Waals surface area contributed by atoms with Crippen LogP contribution in [-0.2, 0) is 12.8 Å². The van der Waals surface area contributed by atoms with Crippen molar-refractivity contribution in [2.24, 2.45) is 0 Å². The smallest absolute Gasteiger partial charge is 0.126 e. The normalized spacial score (nSPS) is 12.6. The minimum atomic E-state index is -0.905. The van der Waals surface area contributed by atoms with E-state index < -0.39 is 17.7 Å². The highest BCUT2D eigenvalue weighted by Crippen LogP contribution is 2.26. The number of rotatable bonds is 5. The first-order chi connectivity index (χ1) is 9.11. The van der Waals surface area contributed by atoms with E-state index in [4.69, 9.17) is 0 Å². The van der Waals surface area contributed by atoms with Gasteiger partial charge in [0, 0.05) is 6.42 Å². The fourth-order valence-electron chi connectivity index (χ4n) is 1.88. The molecule has 0 fully saturated rings. The van der Waals surface area contributed by atoms with Crippen molar-refractivity contribution < 1.29 is 13.9 Å². The summed E-state index contributed by atoms with van der Waals surface area (Å²) in [6, 6.07) is 3.23. The van der Waals surface area contributed by atoms with Gasteiger partial charge in [-0.1, -0.05) is 17.8 Å². The number of aromatic nitrogens is 2. The van der Waals surface area contributed by atoms with E-state index in [1.807, 2.05) is 6.92 Å². The fraction of sp³-hybridized carbons (Fsp3) is 0.385. The Morgan fingerprint density at radius 3 is 2.89 bits per heavy atom. The van der Waals surface area contributed by atoms with Crippen molar-refractivity contribution in [2.75, 3.05) is 0 Å². The zero-order chi connectivity index (χ0) is 13.8. The van der Waals surface area contributed by atoms with Crippen LogP contribution in [0.5, 0.6) is 0 Å². The molecule has 1 atom stereocenters. The summed E-state index contributed by atoms with van der Waals surface area (Å²) < 4.78 is 30.4. The van der Waals surface area contributed by atoms with E-state index in [1.165, 1.54) is 0 Å². The van der Waals surface area contributed by atoms with Gasteiger partial charge >= 0.3 is 0 Å². The molecule has 1 heterocycles. The SMILES string of the molecule is CCCc1nnsc1C(O)Cc1cc(F)ccc1F. The van der Waals surface area contributed by atoms with Crippen LogP contribution in [0.25, 0.3) is 0 Å². The molecule has 0 aliphatic heterocycles. The van der Waals surface area contributed by atoms with Gasteiger partial charge in [0.05, 0.1) is 16.7 Å². The molecule has 2 aromatic rings. The van der Waals surface area contributed by atoms with Crippen molar-refractivity contribution in [3.05, 3.63) is 46.0 Å². The number of benzene rings is 1. The summed E-state index contributed by atoms with van der Waals surface area (Å²) in [7, 11) is 0. The molecular weight excluding hydrogens is 270 g/mol. The molecule has 0 saturated carbocycles. The number of halogens is 2. The average Bonchev–Trinajstić information content (AvgIpc) is 2.82. The van der Waals surface area contributed by atoms with Gasteiger partial charge in [0.15, 0.2) is 0 Å². The molecule has 19 heavy (non-hydrogen) atoms. The van der Waals surface area contributed by atoms with Gasteiger partial charge in [0.2, 0.25) is 0 Å². The van der Waals surface area contributed by atoms with E-state index in [-0.39, 0.29) is 12.0 Å². The molecule has 0 bridgehead atoms. The predicted molar refractivity (Wildman–Crippen MR) is 68.9 cm³/mol. The molecule has 1 aromatic carbocycles. The monoisotopic (exact) mass is 284 g/mol. The topological polar surface area (TPSA) is 46.0 Å². The van der Waals surface area contributed by atoms with Gasteiger partial charge in [-0.05, 0) is 41.7 Å². The van der Waals surface area contributed by atoms with E-state index >= 15 is 0 Å². The molecule has 1 unspecified atom stereocenters. The van der Waals surface area contributed by atoms with Crippen LogP contribution < -0.4 is 0 Å².